The average molecular weight is 221 g/mol. The zero-order chi connectivity index (χ0) is 12.5. The van der Waals surface area contributed by atoms with E-state index in [9.17, 15) is 5.11 Å². The van der Waals surface area contributed by atoms with Crippen molar-refractivity contribution < 1.29 is 5.11 Å². The minimum atomic E-state index is -0.745. The van der Waals surface area contributed by atoms with Crippen molar-refractivity contribution in [2.75, 3.05) is 14.1 Å². The highest BCUT2D eigenvalue weighted by atomic mass is 16.3. The second kappa shape index (κ2) is 4.56. The molecule has 0 fully saturated rings. The topological polar surface area (TPSA) is 23.5 Å². The average Bonchev–Trinajstić information content (AvgIpc) is 2.08. The van der Waals surface area contributed by atoms with Crippen LogP contribution in [0.15, 0.2) is 18.2 Å². The monoisotopic (exact) mass is 221 g/mol. The zero-order valence-corrected chi connectivity index (χ0v) is 11.2. The molecule has 90 valence electrons. The summed E-state index contributed by atoms with van der Waals surface area (Å²) in [6, 6.07) is 6.40. The number of benzene rings is 1. The molecular weight excluding hydrogens is 198 g/mol. The molecule has 1 rings (SSSR count). The Balaban J connectivity index is 3.17. The van der Waals surface area contributed by atoms with Crippen LogP contribution in [0.4, 0.5) is 0 Å². The normalized spacial score (nSPS) is 14.2. The molecule has 0 aliphatic rings. The third kappa shape index (κ3) is 2.83. The first kappa shape index (κ1) is 13.2. The Kier molecular flexibility index (Phi) is 3.76. The van der Waals surface area contributed by atoms with Crippen LogP contribution in [0, 0.1) is 13.8 Å². The van der Waals surface area contributed by atoms with Gasteiger partial charge in [-0.2, -0.15) is 0 Å². The highest BCUT2D eigenvalue weighted by Crippen LogP contribution is 2.30. The molecule has 0 saturated carbocycles. The summed E-state index contributed by atoms with van der Waals surface area (Å²) < 4.78 is 0. The van der Waals surface area contributed by atoms with Gasteiger partial charge in [-0.3, -0.25) is 4.90 Å². The molecule has 1 aromatic rings. The van der Waals surface area contributed by atoms with Crippen molar-refractivity contribution in [1.82, 2.24) is 4.90 Å². The molecule has 0 aromatic heterocycles. The molecule has 0 amide bonds. The maximum atomic E-state index is 10.2. The number of rotatable bonds is 3. The van der Waals surface area contributed by atoms with E-state index in [2.05, 4.69) is 36.9 Å². The first-order valence-electron chi connectivity index (χ1n) is 5.69. The van der Waals surface area contributed by atoms with Crippen LogP contribution in [0.2, 0.25) is 0 Å². The maximum Gasteiger partial charge on any atom is 0.0787 e. The van der Waals surface area contributed by atoms with Gasteiger partial charge in [0.15, 0.2) is 0 Å². The predicted octanol–water partition coefficient (Wildman–Crippen LogP) is 2.68. The molecule has 2 nitrogen and oxygen atoms in total. The van der Waals surface area contributed by atoms with E-state index in [1.807, 2.05) is 27.9 Å². The summed E-state index contributed by atoms with van der Waals surface area (Å²) in [5.74, 6) is 0. The van der Waals surface area contributed by atoms with Gasteiger partial charge in [0.2, 0.25) is 0 Å². The fourth-order valence-electron chi connectivity index (χ4n) is 2.27. The Labute approximate surface area is 98.9 Å². The molecule has 0 spiro atoms. The van der Waals surface area contributed by atoms with Crippen LogP contribution in [0.5, 0.6) is 0 Å². The van der Waals surface area contributed by atoms with E-state index in [1.54, 1.807) is 0 Å². The lowest BCUT2D eigenvalue weighted by atomic mass is 9.89. The van der Waals surface area contributed by atoms with Gasteiger partial charge < -0.3 is 5.11 Å². The van der Waals surface area contributed by atoms with Crippen molar-refractivity contribution in [3.05, 3.63) is 34.9 Å². The Morgan fingerprint density at radius 1 is 1.12 bits per heavy atom. The number of hydrogen-bond donors (Lipinski definition) is 1. The van der Waals surface area contributed by atoms with Crippen molar-refractivity contribution in [1.29, 1.82) is 0 Å². The van der Waals surface area contributed by atoms with Gasteiger partial charge in [0.05, 0.1) is 11.6 Å². The number of aliphatic hydroxyl groups is 1. The van der Waals surface area contributed by atoms with E-state index in [4.69, 9.17) is 0 Å². The molecule has 1 N–H and O–H groups in total. The van der Waals surface area contributed by atoms with Crippen LogP contribution >= 0.6 is 0 Å². The van der Waals surface area contributed by atoms with E-state index < -0.39 is 5.60 Å². The van der Waals surface area contributed by atoms with E-state index in [0.717, 1.165) is 0 Å². The maximum absolute atomic E-state index is 10.2. The van der Waals surface area contributed by atoms with Gasteiger partial charge in [-0.15, -0.1) is 0 Å². The van der Waals surface area contributed by atoms with Gasteiger partial charge in [0, 0.05) is 0 Å². The largest absolute Gasteiger partial charge is 0.388 e. The first-order valence-corrected chi connectivity index (χ1v) is 5.69. The van der Waals surface area contributed by atoms with Gasteiger partial charge in [-0.05, 0) is 58.5 Å². The molecule has 0 radical (unpaired) electrons. The first-order chi connectivity index (χ1) is 7.23. The van der Waals surface area contributed by atoms with Crippen molar-refractivity contribution in [3.63, 3.8) is 0 Å². The fourth-order valence-corrected chi connectivity index (χ4v) is 2.27. The molecule has 2 heteroatoms. The third-order valence-electron chi connectivity index (χ3n) is 3.03. The predicted molar refractivity (Wildman–Crippen MR) is 68.6 cm³/mol. The molecular formula is C14H23NO. The minimum absolute atomic E-state index is 0.0202. The van der Waals surface area contributed by atoms with Crippen LogP contribution in [-0.2, 0) is 0 Å². The molecule has 0 aliphatic heterocycles. The molecule has 0 aliphatic carbocycles. The molecule has 16 heavy (non-hydrogen) atoms. The summed E-state index contributed by atoms with van der Waals surface area (Å²) in [5, 5.41) is 10.2. The third-order valence-corrected chi connectivity index (χ3v) is 3.03. The lowest BCUT2D eigenvalue weighted by molar-refractivity contribution is -0.00316. The molecule has 1 atom stereocenters. The molecule has 1 unspecified atom stereocenters. The lowest BCUT2D eigenvalue weighted by Gasteiger charge is -2.35. The van der Waals surface area contributed by atoms with E-state index in [1.165, 1.54) is 16.7 Å². The van der Waals surface area contributed by atoms with Gasteiger partial charge >= 0.3 is 0 Å². The van der Waals surface area contributed by atoms with E-state index in [0.29, 0.717) is 0 Å². The van der Waals surface area contributed by atoms with Crippen molar-refractivity contribution in [2.45, 2.75) is 39.3 Å². The second-order valence-electron chi connectivity index (χ2n) is 5.36. The van der Waals surface area contributed by atoms with Crippen LogP contribution in [0.25, 0.3) is 0 Å². The summed E-state index contributed by atoms with van der Waals surface area (Å²) in [5.41, 5.74) is 2.98. The number of likely N-dealkylation sites (N-methyl/N-ethyl adjacent to an activating group) is 1. The summed E-state index contributed by atoms with van der Waals surface area (Å²) >= 11 is 0. The van der Waals surface area contributed by atoms with E-state index >= 15 is 0 Å². The Hall–Kier alpha value is -0.860. The van der Waals surface area contributed by atoms with Crippen LogP contribution in [0.3, 0.4) is 0 Å². The molecule has 0 saturated heterocycles. The molecule has 0 bridgehead atoms. The van der Waals surface area contributed by atoms with Crippen molar-refractivity contribution >= 4 is 0 Å². The Morgan fingerprint density at radius 2 is 1.69 bits per heavy atom. The van der Waals surface area contributed by atoms with Crippen molar-refractivity contribution in [3.8, 4) is 0 Å². The zero-order valence-electron chi connectivity index (χ0n) is 11.2. The number of aryl methyl sites for hydroxylation is 2. The highest BCUT2D eigenvalue weighted by Gasteiger charge is 2.30. The van der Waals surface area contributed by atoms with Gasteiger partial charge in [-0.1, -0.05) is 18.2 Å². The standard InChI is InChI=1S/C14H23NO/c1-10-7-8-12(9-11(10)2)13(15(5)6)14(3,4)16/h7-9,13,16H,1-6H3. The van der Waals surface area contributed by atoms with Gasteiger partial charge in [0.25, 0.3) is 0 Å². The summed E-state index contributed by atoms with van der Waals surface area (Å²) in [4.78, 5) is 2.06. The second-order valence-corrected chi connectivity index (χ2v) is 5.36. The van der Waals surface area contributed by atoms with Crippen LogP contribution in [0.1, 0.15) is 36.6 Å². The Morgan fingerprint density at radius 3 is 2.06 bits per heavy atom. The van der Waals surface area contributed by atoms with Gasteiger partial charge in [-0.25, -0.2) is 0 Å². The number of nitrogens with zero attached hydrogens (tertiary/aromatic N) is 1. The van der Waals surface area contributed by atoms with Crippen LogP contribution < -0.4 is 0 Å². The smallest absolute Gasteiger partial charge is 0.0787 e. The SMILES string of the molecule is Cc1ccc(C(N(C)C)C(C)(C)O)cc1C. The fraction of sp³-hybridized carbons (Fsp3) is 0.571. The highest BCUT2D eigenvalue weighted by molar-refractivity contribution is 5.32. The lowest BCUT2D eigenvalue weighted by Crippen LogP contribution is -2.38. The summed E-state index contributed by atoms with van der Waals surface area (Å²) in [6.45, 7) is 7.92. The van der Waals surface area contributed by atoms with Crippen molar-refractivity contribution in [2.24, 2.45) is 0 Å². The minimum Gasteiger partial charge on any atom is -0.388 e. The van der Waals surface area contributed by atoms with E-state index in [-0.39, 0.29) is 6.04 Å². The quantitative estimate of drug-likeness (QED) is 0.848. The van der Waals surface area contributed by atoms with Gasteiger partial charge in [0.1, 0.15) is 0 Å². The Bertz CT molecular complexity index is 363. The number of hydrogen-bond acceptors (Lipinski definition) is 2. The van der Waals surface area contributed by atoms with Crippen LogP contribution in [-0.4, -0.2) is 29.7 Å². The molecule has 0 heterocycles. The summed E-state index contributed by atoms with van der Waals surface area (Å²) in [7, 11) is 4.00. The summed E-state index contributed by atoms with van der Waals surface area (Å²) in [6.07, 6.45) is 0. The molecule has 1 aromatic carbocycles.